The van der Waals surface area contributed by atoms with Crippen LogP contribution in [0.15, 0.2) is 42.5 Å². The maximum atomic E-state index is 13.4. The first kappa shape index (κ1) is 21.7. The zero-order valence-corrected chi connectivity index (χ0v) is 18.4. The lowest BCUT2D eigenvalue weighted by atomic mass is 9.75. The molecule has 160 valence electrons. The van der Waals surface area contributed by atoms with Crippen molar-refractivity contribution in [3.8, 4) is 11.5 Å². The molecule has 30 heavy (non-hydrogen) atoms. The van der Waals surface area contributed by atoms with Crippen LogP contribution in [0.3, 0.4) is 0 Å². The van der Waals surface area contributed by atoms with Gasteiger partial charge in [-0.25, -0.2) is 4.79 Å². The number of rotatable bonds is 5. The van der Waals surface area contributed by atoms with E-state index >= 15 is 0 Å². The lowest BCUT2D eigenvalue weighted by Crippen LogP contribution is -2.44. The third-order valence-corrected chi connectivity index (χ3v) is 5.38. The number of carbonyl (C=O) groups excluding carboxylic acids is 2. The average molecular weight is 411 g/mol. The molecule has 2 atom stereocenters. The van der Waals surface area contributed by atoms with E-state index in [1.165, 1.54) is 0 Å². The number of carbonyl (C=O) groups is 2. The van der Waals surface area contributed by atoms with Crippen molar-refractivity contribution in [2.75, 3.05) is 14.2 Å². The lowest BCUT2D eigenvalue weighted by molar-refractivity contribution is 0.0443. The first-order valence-corrected chi connectivity index (χ1v) is 9.93. The van der Waals surface area contributed by atoms with Gasteiger partial charge in [0.15, 0.2) is 17.3 Å². The molecule has 0 aliphatic heterocycles. The standard InChI is InChI=1S/C24H29NO5/c1-23(2,3)30-22(27)25-20(15-11-12-18(28-5)19(13-15)29-6)24(4)14-16-9-7-8-10-17(16)21(24)26/h7-13,20H,14H2,1-6H3,(H,25,27)/t20-,24+/m0/s1. The van der Waals surface area contributed by atoms with Gasteiger partial charge in [0.1, 0.15) is 5.60 Å². The molecule has 0 heterocycles. The summed E-state index contributed by atoms with van der Waals surface area (Å²) in [5.41, 5.74) is 0.871. The van der Waals surface area contributed by atoms with E-state index in [4.69, 9.17) is 14.2 Å². The number of methoxy groups -OCH3 is 2. The van der Waals surface area contributed by atoms with Gasteiger partial charge >= 0.3 is 6.09 Å². The van der Waals surface area contributed by atoms with Gasteiger partial charge < -0.3 is 19.5 Å². The van der Waals surface area contributed by atoms with Gasteiger partial charge in [0.2, 0.25) is 0 Å². The molecule has 0 unspecified atom stereocenters. The SMILES string of the molecule is COc1ccc([C@H](NC(=O)OC(C)(C)C)[C@@]2(C)Cc3ccccc3C2=O)cc1OC. The molecule has 1 aliphatic rings. The normalized spacial score (nSPS) is 19.1. The Hall–Kier alpha value is -3.02. The van der Waals surface area contributed by atoms with Crippen molar-refractivity contribution >= 4 is 11.9 Å². The number of nitrogens with one attached hydrogen (secondary N) is 1. The van der Waals surface area contributed by atoms with Gasteiger partial charge in [0.25, 0.3) is 0 Å². The minimum atomic E-state index is -0.875. The van der Waals surface area contributed by atoms with E-state index < -0.39 is 23.2 Å². The largest absolute Gasteiger partial charge is 0.493 e. The Labute approximate surface area is 177 Å². The Morgan fingerprint density at radius 1 is 1.07 bits per heavy atom. The van der Waals surface area contributed by atoms with Crippen LogP contribution in [0.5, 0.6) is 11.5 Å². The monoisotopic (exact) mass is 411 g/mol. The van der Waals surface area contributed by atoms with E-state index in [-0.39, 0.29) is 5.78 Å². The second-order valence-electron chi connectivity index (χ2n) is 8.77. The smallest absolute Gasteiger partial charge is 0.408 e. The highest BCUT2D eigenvalue weighted by atomic mass is 16.6. The van der Waals surface area contributed by atoms with Gasteiger partial charge in [-0.05, 0) is 57.4 Å². The number of ketones is 1. The Morgan fingerprint density at radius 3 is 2.33 bits per heavy atom. The number of ether oxygens (including phenoxy) is 3. The molecule has 0 bridgehead atoms. The van der Waals surface area contributed by atoms with E-state index in [0.29, 0.717) is 23.5 Å². The van der Waals surface area contributed by atoms with Gasteiger partial charge in [0, 0.05) is 5.56 Å². The third-order valence-electron chi connectivity index (χ3n) is 5.38. The summed E-state index contributed by atoms with van der Waals surface area (Å²) in [6, 6.07) is 12.4. The van der Waals surface area contributed by atoms with Crippen molar-refractivity contribution in [1.82, 2.24) is 5.32 Å². The van der Waals surface area contributed by atoms with Gasteiger partial charge in [-0.3, -0.25) is 4.79 Å². The number of hydrogen-bond donors (Lipinski definition) is 1. The molecular weight excluding hydrogens is 382 g/mol. The van der Waals surface area contributed by atoms with Crippen LogP contribution in [0.2, 0.25) is 0 Å². The molecule has 0 saturated heterocycles. The highest BCUT2D eigenvalue weighted by molar-refractivity contribution is 6.05. The van der Waals surface area contributed by atoms with Crippen LogP contribution in [0.25, 0.3) is 0 Å². The van der Waals surface area contributed by atoms with Crippen molar-refractivity contribution in [3.63, 3.8) is 0 Å². The van der Waals surface area contributed by atoms with E-state index in [9.17, 15) is 9.59 Å². The minimum absolute atomic E-state index is 0.00561. The first-order chi connectivity index (χ1) is 14.1. The second kappa shape index (κ2) is 8.01. The molecule has 3 rings (SSSR count). The van der Waals surface area contributed by atoms with Crippen LogP contribution in [-0.4, -0.2) is 31.7 Å². The Kier molecular flexibility index (Phi) is 5.79. The van der Waals surface area contributed by atoms with Crippen molar-refractivity contribution in [3.05, 3.63) is 59.2 Å². The van der Waals surface area contributed by atoms with Crippen LogP contribution in [-0.2, 0) is 11.2 Å². The number of fused-ring (bicyclic) bond motifs is 1. The summed E-state index contributed by atoms with van der Waals surface area (Å²) < 4.78 is 16.3. The highest BCUT2D eigenvalue weighted by Crippen LogP contribution is 2.46. The van der Waals surface area contributed by atoms with E-state index in [2.05, 4.69) is 5.32 Å². The van der Waals surface area contributed by atoms with Crippen molar-refractivity contribution in [2.24, 2.45) is 5.41 Å². The summed E-state index contributed by atoms with van der Waals surface area (Å²) in [7, 11) is 3.11. The quantitative estimate of drug-likeness (QED) is 0.771. The average Bonchev–Trinajstić information content (AvgIpc) is 2.95. The molecule has 0 aromatic heterocycles. The lowest BCUT2D eigenvalue weighted by Gasteiger charge is -2.34. The van der Waals surface area contributed by atoms with Crippen LogP contribution in [0.4, 0.5) is 4.79 Å². The van der Waals surface area contributed by atoms with E-state index in [1.807, 2.05) is 37.3 Å². The maximum absolute atomic E-state index is 13.4. The maximum Gasteiger partial charge on any atom is 0.408 e. The number of alkyl carbamates (subject to hydrolysis) is 1. The van der Waals surface area contributed by atoms with Gasteiger partial charge in [0.05, 0.1) is 25.7 Å². The Balaban J connectivity index is 2.05. The molecule has 0 saturated carbocycles. The predicted octanol–water partition coefficient (Wildman–Crippen LogP) is 4.71. The first-order valence-electron chi connectivity index (χ1n) is 9.93. The molecule has 2 aromatic rings. The zero-order valence-electron chi connectivity index (χ0n) is 18.4. The molecule has 0 spiro atoms. The fourth-order valence-electron chi connectivity index (χ4n) is 3.98. The molecular formula is C24H29NO5. The summed E-state index contributed by atoms with van der Waals surface area (Å²) in [5, 5.41) is 2.95. The number of amides is 1. The fraction of sp³-hybridized carbons (Fsp3) is 0.417. The van der Waals surface area contributed by atoms with Gasteiger partial charge in [-0.15, -0.1) is 0 Å². The summed E-state index contributed by atoms with van der Waals surface area (Å²) in [6.45, 7) is 7.29. The van der Waals surface area contributed by atoms with Crippen LogP contribution >= 0.6 is 0 Å². The summed E-state index contributed by atoms with van der Waals surface area (Å²) in [5.74, 6) is 1.09. The number of Topliss-reactive ketones (excluding diaryl/α,β-unsaturated/α-hetero) is 1. The zero-order chi connectivity index (χ0) is 22.1. The molecule has 1 amide bonds. The molecule has 1 N–H and O–H groups in total. The Morgan fingerprint density at radius 2 is 1.73 bits per heavy atom. The van der Waals surface area contributed by atoms with Gasteiger partial charge in [-0.1, -0.05) is 30.3 Å². The van der Waals surface area contributed by atoms with Crippen LogP contribution in [0.1, 0.15) is 55.2 Å². The molecule has 1 aliphatic carbocycles. The van der Waals surface area contributed by atoms with Crippen molar-refractivity contribution < 1.29 is 23.8 Å². The summed E-state index contributed by atoms with van der Waals surface area (Å²) >= 11 is 0. The number of hydrogen-bond acceptors (Lipinski definition) is 5. The molecule has 0 fully saturated rings. The summed E-state index contributed by atoms with van der Waals surface area (Å²) in [4.78, 5) is 26.1. The van der Waals surface area contributed by atoms with Crippen molar-refractivity contribution in [1.29, 1.82) is 0 Å². The third kappa shape index (κ3) is 4.13. The van der Waals surface area contributed by atoms with E-state index in [0.717, 1.165) is 11.1 Å². The Bertz CT molecular complexity index is 962. The predicted molar refractivity (Wildman–Crippen MR) is 114 cm³/mol. The number of benzene rings is 2. The fourth-order valence-corrected chi connectivity index (χ4v) is 3.98. The molecule has 2 aromatic carbocycles. The van der Waals surface area contributed by atoms with Crippen LogP contribution in [0, 0.1) is 5.41 Å². The summed E-state index contributed by atoms with van der Waals surface area (Å²) in [6.07, 6.45) is -0.0659. The molecule has 6 nitrogen and oxygen atoms in total. The molecule has 6 heteroatoms. The highest BCUT2D eigenvalue weighted by Gasteiger charge is 2.49. The molecule has 0 radical (unpaired) electrons. The topological polar surface area (TPSA) is 73.9 Å². The van der Waals surface area contributed by atoms with Crippen LogP contribution < -0.4 is 14.8 Å². The minimum Gasteiger partial charge on any atom is -0.493 e. The second-order valence-corrected chi connectivity index (χ2v) is 8.77. The van der Waals surface area contributed by atoms with Crippen molar-refractivity contribution in [2.45, 2.75) is 45.8 Å². The van der Waals surface area contributed by atoms with E-state index in [1.54, 1.807) is 47.1 Å². The van der Waals surface area contributed by atoms with Gasteiger partial charge in [-0.2, -0.15) is 0 Å².